The number of halogens is 3. The zero-order chi connectivity index (χ0) is 21.9. The van der Waals surface area contributed by atoms with Crippen molar-refractivity contribution >= 4 is 11.9 Å². The smallest absolute Gasteiger partial charge is 0.416 e. The summed E-state index contributed by atoms with van der Waals surface area (Å²) in [5, 5.41) is 18.6. The lowest BCUT2D eigenvalue weighted by molar-refractivity contribution is -0.137. The highest BCUT2D eigenvalue weighted by Crippen LogP contribution is 2.31. The molecule has 0 saturated heterocycles. The molecule has 0 fully saturated rings. The van der Waals surface area contributed by atoms with Gasteiger partial charge in [0.25, 0.3) is 0 Å². The second-order valence-corrected chi connectivity index (χ2v) is 5.55. The molecule has 3 N–H and O–H groups in total. The molecule has 0 amide bonds. The second kappa shape index (κ2) is 11.5. The molecule has 7 nitrogen and oxygen atoms in total. The highest BCUT2D eigenvalue weighted by Gasteiger charge is 2.30. The van der Waals surface area contributed by atoms with Crippen molar-refractivity contribution in [3.05, 3.63) is 66.1 Å². The van der Waals surface area contributed by atoms with E-state index in [0.29, 0.717) is 36.6 Å². The van der Waals surface area contributed by atoms with Crippen LogP contribution in [-0.2, 0) is 15.8 Å². The molecular weight excluding hydrogens is 395 g/mol. The first kappa shape index (κ1) is 23.8. The third-order valence-electron chi connectivity index (χ3n) is 3.35. The van der Waals surface area contributed by atoms with Gasteiger partial charge in [0, 0.05) is 18.6 Å². The van der Waals surface area contributed by atoms with Gasteiger partial charge < -0.3 is 24.7 Å². The monoisotopic (exact) mass is 415 g/mol. The Labute approximate surface area is 164 Å². The molecule has 0 aliphatic heterocycles. The number of alkyl halides is 3. The van der Waals surface area contributed by atoms with Crippen LogP contribution in [0.3, 0.4) is 0 Å². The lowest BCUT2D eigenvalue weighted by atomic mass is 10.2. The normalized spacial score (nSPS) is 12.1. The Balaban J connectivity index is 0.000000447. The van der Waals surface area contributed by atoms with E-state index >= 15 is 0 Å². The van der Waals surface area contributed by atoms with E-state index in [1.165, 1.54) is 18.4 Å². The molecule has 1 aromatic carbocycles. The van der Waals surface area contributed by atoms with E-state index in [4.69, 9.17) is 19.4 Å². The number of aliphatic carboxylic acids is 2. The summed E-state index contributed by atoms with van der Waals surface area (Å²) in [6.45, 7) is 0.700. The van der Waals surface area contributed by atoms with E-state index < -0.39 is 23.7 Å². The standard InChI is InChI=1S/C15H16F3NO2.C4H4O4/c1-19-9-8-14(13-3-2-10-20-13)21-12-6-4-11(5-7-12)15(16,17)18;5-3(6)1-2-4(7)8/h2-7,10,14,19H,8-9H2,1H3;1-2H,(H,5,6)(H,7,8)/b;2-1-. The fraction of sp³-hybridized carbons (Fsp3) is 0.263. The van der Waals surface area contributed by atoms with Crippen molar-refractivity contribution in [2.45, 2.75) is 18.7 Å². The second-order valence-electron chi connectivity index (χ2n) is 5.55. The molecule has 0 bridgehead atoms. The summed E-state index contributed by atoms with van der Waals surface area (Å²) in [6, 6.07) is 8.18. The van der Waals surface area contributed by atoms with Gasteiger partial charge in [0.15, 0.2) is 6.10 Å². The SMILES string of the molecule is CNCCC(Oc1ccc(C(F)(F)F)cc1)c1ccco1.O=C(O)/C=C\C(=O)O. The molecule has 29 heavy (non-hydrogen) atoms. The number of hydrogen-bond acceptors (Lipinski definition) is 5. The first-order chi connectivity index (χ1) is 13.6. The maximum atomic E-state index is 12.5. The Bertz CT molecular complexity index is 769. The molecule has 2 aromatic rings. The van der Waals surface area contributed by atoms with Gasteiger partial charge in [-0.1, -0.05) is 0 Å². The summed E-state index contributed by atoms with van der Waals surface area (Å²) in [6.07, 6.45) is -1.39. The van der Waals surface area contributed by atoms with E-state index in [0.717, 1.165) is 12.1 Å². The minimum absolute atomic E-state index is 0.343. The van der Waals surface area contributed by atoms with E-state index in [-0.39, 0.29) is 6.10 Å². The molecule has 2 rings (SSSR count). The van der Waals surface area contributed by atoms with Gasteiger partial charge in [-0.2, -0.15) is 13.2 Å². The average molecular weight is 415 g/mol. The van der Waals surface area contributed by atoms with Gasteiger partial charge in [0.1, 0.15) is 11.5 Å². The number of carbonyl (C=O) groups is 2. The lowest BCUT2D eigenvalue weighted by Crippen LogP contribution is -2.16. The van der Waals surface area contributed by atoms with Crippen molar-refractivity contribution in [3.8, 4) is 5.75 Å². The molecular formula is C19H20F3NO6. The van der Waals surface area contributed by atoms with Gasteiger partial charge in [-0.05, 0) is 50.0 Å². The van der Waals surface area contributed by atoms with Crippen molar-refractivity contribution < 1.29 is 42.1 Å². The van der Waals surface area contributed by atoms with Crippen molar-refractivity contribution in [2.24, 2.45) is 0 Å². The summed E-state index contributed by atoms with van der Waals surface area (Å²) in [7, 11) is 1.82. The molecule has 1 unspecified atom stereocenters. The Morgan fingerprint density at radius 1 is 1.14 bits per heavy atom. The highest BCUT2D eigenvalue weighted by atomic mass is 19.4. The molecule has 0 spiro atoms. The number of carboxylic acid groups (broad SMARTS) is 2. The Morgan fingerprint density at radius 3 is 2.14 bits per heavy atom. The summed E-state index contributed by atoms with van der Waals surface area (Å²) in [4.78, 5) is 19.1. The van der Waals surface area contributed by atoms with Gasteiger partial charge in [-0.25, -0.2) is 9.59 Å². The number of nitrogens with one attached hydrogen (secondary N) is 1. The van der Waals surface area contributed by atoms with Crippen LogP contribution >= 0.6 is 0 Å². The number of carboxylic acids is 2. The Hall–Kier alpha value is -3.27. The first-order valence-corrected chi connectivity index (χ1v) is 8.29. The van der Waals surface area contributed by atoms with Crippen LogP contribution in [0.2, 0.25) is 0 Å². The van der Waals surface area contributed by atoms with Crippen LogP contribution in [-0.4, -0.2) is 35.7 Å². The molecule has 1 heterocycles. The number of rotatable bonds is 8. The number of benzene rings is 1. The Morgan fingerprint density at radius 2 is 1.72 bits per heavy atom. The van der Waals surface area contributed by atoms with E-state index in [1.807, 2.05) is 7.05 Å². The third-order valence-corrected chi connectivity index (χ3v) is 3.35. The van der Waals surface area contributed by atoms with E-state index in [9.17, 15) is 22.8 Å². The fourth-order valence-corrected chi connectivity index (χ4v) is 2.04. The predicted octanol–water partition coefficient (Wildman–Crippen LogP) is 3.74. The molecule has 0 radical (unpaired) electrons. The number of hydrogen-bond donors (Lipinski definition) is 3. The van der Waals surface area contributed by atoms with Crippen LogP contribution < -0.4 is 10.1 Å². The van der Waals surface area contributed by atoms with Crippen LogP contribution in [0, 0.1) is 0 Å². The van der Waals surface area contributed by atoms with E-state index in [1.54, 1.807) is 12.1 Å². The van der Waals surface area contributed by atoms with Crippen molar-refractivity contribution in [1.82, 2.24) is 5.32 Å². The minimum Gasteiger partial charge on any atom is -0.482 e. The van der Waals surface area contributed by atoms with Gasteiger partial charge in [0.05, 0.1) is 11.8 Å². The first-order valence-electron chi connectivity index (χ1n) is 8.29. The molecule has 10 heteroatoms. The highest BCUT2D eigenvalue weighted by molar-refractivity contribution is 5.89. The molecule has 0 aliphatic rings. The predicted molar refractivity (Wildman–Crippen MR) is 96.5 cm³/mol. The molecule has 0 aliphatic carbocycles. The van der Waals surface area contributed by atoms with Crippen LogP contribution in [0.15, 0.2) is 59.2 Å². The molecule has 1 aromatic heterocycles. The topological polar surface area (TPSA) is 109 Å². The summed E-state index contributed by atoms with van der Waals surface area (Å²) in [5.74, 6) is -1.49. The number of ether oxygens (including phenoxy) is 1. The van der Waals surface area contributed by atoms with Gasteiger partial charge >= 0.3 is 18.1 Å². The van der Waals surface area contributed by atoms with Crippen molar-refractivity contribution in [1.29, 1.82) is 0 Å². The quantitative estimate of drug-likeness (QED) is 0.564. The van der Waals surface area contributed by atoms with E-state index in [2.05, 4.69) is 5.32 Å². The summed E-state index contributed by atoms with van der Waals surface area (Å²) in [5.41, 5.74) is -0.695. The molecule has 158 valence electrons. The van der Waals surface area contributed by atoms with Crippen LogP contribution in [0.1, 0.15) is 23.8 Å². The number of furan rings is 1. The lowest BCUT2D eigenvalue weighted by Gasteiger charge is -2.17. The summed E-state index contributed by atoms with van der Waals surface area (Å²) < 4.78 is 48.6. The molecule has 0 saturated carbocycles. The van der Waals surface area contributed by atoms with Crippen LogP contribution in [0.25, 0.3) is 0 Å². The maximum Gasteiger partial charge on any atom is 0.416 e. The van der Waals surface area contributed by atoms with Gasteiger partial charge in [0.2, 0.25) is 0 Å². The van der Waals surface area contributed by atoms with Crippen LogP contribution in [0.5, 0.6) is 5.75 Å². The van der Waals surface area contributed by atoms with Crippen molar-refractivity contribution in [3.63, 3.8) is 0 Å². The third kappa shape index (κ3) is 9.47. The van der Waals surface area contributed by atoms with Crippen molar-refractivity contribution in [2.75, 3.05) is 13.6 Å². The van der Waals surface area contributed by atoms with Crippen LogP contribution in [0.4, 0.5) is 13.2 Å². The Kier molecular flexibility index (Phi) is 9.46. The average Bonchev–Trinajstić information content (AvgIpc) is 3.18. The minimum atomic E-state index is -4.34. The van der Waals surface area contributed by atoms with Gasteiger partial charge in [-0.15, -0.1) is 0 Å². The summed E-state index contributed by atoms with van der Waals surface area (Å²) >= 11 is 0. The fourth-order valence-electron chi connectivity index (χ4n) is 2.04. The van der Waals surface area contributed by atoms with Gasteiger partial charge in [-0.3, -0.25) is 0 Å². The zero-order valence-corrected chi connectivity index (χ0v) is 15.3. The largest absolute Gasteiger partial charge is 0.482 e. The molecule has 1 atom stereocenters. The zero-order valence-electron chi connectivity index (χ0n) is 15.3. The maximum absolute atomic E-state index is 12.5.